The van der Waals surface area contributed by atoms with Crippen LogP contribution in [0.5, 0.6) is 0 Å². The zero-order valence-electron chi connectivity index (χ0n) is 16.5. The lowest BCUT2D eigenvalue weighted by atomic mass is 10.2. The lowest BCUT2D eigenvalue weighted by Gasteiger charge is -2.13. The summed E-state index contributed by atoms with van der Waals surface area (Å²) in [5.41, 5.74) is 2.12. The highest BCUT2D eigenvalue weighted by molar-refractivity contribution is 5.63. The highest BCUT2D eigenvalue weighted by Gasteiger charge is 2.08. The molecule has 0 aliphatic heterocycles. The average Bonchev–Trinajstić information content (AvgIpc) is 2.69. The molecule has 0 radical (unpaired) electrons. The van der Waals surface area contributed by atoms with E-state index in [1.165, 1.54) is 12.1 Å². The smallest absolute Gasteiger partial charge is 0.225 e. The van der Waals surface area contributed by atoms with E-state index in [1.54, 1.807) is 18.5 Å². The number of anilines is 2. The van der Waals surface area contributed by atoms with Crippen LogP contribution in [0.15, 0.2) is 48.8 Å². The van der Waals surface area contributed by atoms with Crippen LogP contribution in [0.3, 0.4) is 0 Å². The number of nitrogens with one attached hydrogen (secondary N) is 2. The SMILES string of the molecule is CN(C)CCCNc1nc(NCc2cc(F)cc(F)c2)cc(-c2ccncc2)n1. The number of hydrogen-bond acceptors (Lipinski definition) is 6. The molecule has 0 aliphatic carbocycles. The first-order valence-corrected chi connectivity index (χ1v) is 9.36. The van der Waals surface area contributed by atoms with Gasteiger partial charge >= 0.3 is 0 Å². The molecule has 0 atom stereocenters. The molecule has 0 saturated heterocycles. The van der Waals surface area contributed by atoms with Crippen LogP contribution in [-0.2, 0) is 6.54 Å². The van der Waals surface area contributed by atoms with Gasteiger partial charge in [0.1, 0.15) is 17.5 Å². The highest BCUT2D eigenvalue weighted by Crippen LogP contribution is 2.21. The van der Waals surface area contributed by atoms with Gasteiger partial charge < -0.3 is 15.5 Å². The maximum atomic E-state index is 13.4. The van der Waals surface area contributed by atoms with E-state index in [9.17, 15) is 8.78 Å². The van der Waals surface area contributed by atoms with Crippen LogP contribution in [0.4, 0.5) is 20.5 Å². The van der Waals surface area contributed by atoms with Crippen molar-refractivity contribution < 1.29 is 8.78 Å². The lowest BCUT2D eigenvalue weighted by Crippen LogP contribution is -2.17. The van der Waals surface area contributed by atoms with E-state index in [2.05, 4.69) is 30.5 Å². The summed E-state index contributed by atoms with van der Waals surface area (Å²) in [6.45, 7) is 1.92. The first-order chi connectivity index (χ1) is 14.0. The van der Waals surface area contributed by atoms with Crippen LogP contribution >= 0.6 is 0 Å². The van der Waals surface area contributed by atoms with Crippen LogP contribution in [0, 0.1) is 11.6 Å². The van der Waals surface area contributed by atoms with Crippen molar-refractivity contribution >= 4 is 11.8 Å². The number of halogens is 2. The van der Waals surface area contributed by atoms with Crippen molar-refractivity contribution in [1.29, 1.82) is 0 Å². The van der Waals surface area contributed by atoms with E-state index in [0.29, 0.717) is 17.3 Å². The Labute approximate surface area is 169 Å². The van der Waals surface area contributed by atoms with E-state index >= 15 is 0 Å². The molecule has 0 unspecified atom stereocenters. The fraction of sp³-hybridized carbons (Fsp3) is 0.286. The third-order valence-corrected chi connectivity index (χ3v) is 4.16. The number of aromatic nitrogens is 3. The number of pyridine rings is 1. The van der Waals surface area contributed by atoms with Gasteiger partial charge in [-0.1, -0.05) is 0 Å². The third kappa shape index (κ3) is 6.46. The molecule has 3 aromatic rings. The summed E-state index contributed by atoms with van der Waals surface area (Å²) in [6.07, 6.45) is 4.34. The quantitative estimate of drug-likeness (QED) is 0.535. The Morgan fingerprint density at radius 3 is 2.34 bits per heavy atom. The molecular weight excluding hydrogens is 374 g/mol. The fourth-order valence-electron chi connectivity index (χ4n) is 2.79. The van der Waals surface area contributed by atoms with Gasteiger partial charge in [0, 0.05) is 43.2 Å². The van der Waals surface area contributed by atoms with Gasteiger partial charge in [-0.25, -0.2) is 13.8 Å². The number of benzene rings is 1. The molecule has 8 heteroatoms. The van der Waals surface area contributed by atoms with Crippen molar-refractivity contribution in [3.63, 3.8) is 0 Å². The van der Waals surface area contributed by atoms with Crippen molar-refractivity contribution in [2.75, 3.05) is 37.8 Å². The van der Waals surface area contributed by atoms with Crippen LogP contribution in [0.2, 0.25) is 0 Å². The molecular formula is C21H24F2N6. The normalized spacial score (nSPS) is 10.9. The summed E-state index contributed by atoms with van der Waals surface area (Å²) in [7, 11) is 4.05. The zero-order valence-corrected chi connectivity index (χ0v) is 16.5. The summed E-state index contributed by atoms with van der Waals surface area (Å²) in [5, 5.41) is 6.37. The summed E-state index contributed by atoms with van der Waals surface area (Å²) in [4.78, 5) is 15.2. The van der Waals surface area contributed by atoms with E-state index in [4.69, 9.17) is 0 Å². The van der Waals surface area contributed by atoms with Crippen molar-refractivity contribution in [1.82, 2.24) is 19.9 Å². The minimum atomic E-state index is -0.606. The molecule has 0 aliphatic rings. The summed E-state index contributed by atoms with van der Waals surface area (Å²) in [5.74, 6) is -0.159. The van der Waals surface area contributed by atoms with Gasteiger partial charge in [-0.3, -0.25) is 4.98 Å². The van der Waals surface area contributed by atoms with E-state index in [0.717, 1.165) is 36.8 Å². The molecule has 0 bridgehead atoms. The Bertz CT molecular complexity index is 913. The van der Waals surface area contributed by atoms with Gasteiger partial charge in [-0.15, -0.1) is 0 Å². The zero-order chi connectivity index (χ0) is 20.6. The summed E-state index contributed by atoms with van der Waals surface area (Å²) in [6, 6.07) is 8.97. The van der Waals surface area contributed by atoms with E-state index in [1.807, 2.05) is 26.2 Å². The van der Waals surface area contributed by atoms with Crippen LogP contribution in [-0.4, -0.2) is 47.0 Å². The number of hydrogen-bond donors (Lipinski definition) is 2. The second kappa shape index (κ2) is 9.88. The molecule has 2 N–H and O–H groups in total. The maximum absolute atomic E-state index is 13.4. The largest absolute Gasteiger partial charge is 0.366 e. The molecule has 3 rings (SSSR count). The Balaban J connectivity index is 1.78. The Morgan fingerprint density at radius 1 is 0.931 bits per heavy atom. The summed E-state index contributed by atoms with van der Waals surface area (Å²) >= 11 is 0. The fourth-order valence-corrected chi connectivity index (χ4v) is 2.79. The van der Waals surface area contributed by atoms with Crippen LogP contribution in [0.1, 0.15) is 12.0 Å². The second-order valence-corrected chi connectivity index (χ2v) is 6.91. The molecule has 0 fully saturated rings. The molecule has 0 saturated carbocycles. The minimum absolute atomic E-state index is 0.238. The molecule has 0 spiro atoms. The Kier molecular flexibility index (Phi) is 7.02. The summed E-state index contributed by atoms with van der Waals surface area (Å²) < 4.78 is 26.8. The van der Waals surface area contributed by atoms with Gasteiger partial charge in [-0.05, 0) is 56.9 Å². The van der Waals surface area contributed by atoms with Crippen molar-refractivity contribution in [3.8, 4) is 11.3 Å². The molecule has 2 heterocycles. The second-order valence-electron chi connectivity index (χ2n) is 6.91. The first-order valence-electron chi connectivity index (χ1n) is 9.36. The van der Waals surface area contributed by atoms with Crippen LogP contribution in [0.25, 0.3) is 11.3 Å². The monoisotopic (exact) mass is 398 g/mol. The predicted molar refractivity (Wildman–Crippen MR) is 111 cm³/mol. The molecule has 2 aromatic heterocycles. The Morgan fingerprint density at radius 2 is 1.66 bits per heavy atom. The van der Waals surface area contributed by atoms with Gasteiger partial charge in [0.15, 0.2) is 0 Å². The first kappa shape index (κ1) is 20.6. The highest BCUT2D eigenvalue weighted by atomic mass is 19.1. The predicted octanol–water partition coefficient (Wildman–Crippen LogP) is 3.79. The average molecular weight is 398 g/mol. The Hall–Kier alpha value is -3.13. The van der Waals surface area contributed by atoms with Gasteiger partial charge in [0.05, 0.1) is 5.69 Å². The number of nitrogens with zero attached hydrogens (tertiary/aromatic N) is 4. The van der Waals surface area contributed by atoms with Gasteiger partial charge in [-0.2, -0.15) is 4.98 Å². The molecule has 1 aromatic carbocycles. The lowest BCUT2D eigenvalue weighted by molar-refractivity contribution is 0.405. The van der Waals surface area contributed by atoms with Gasteiger partial charge in [0.2, 0.25) is 5.95 Å². The van der Waals surface area contributed by atoms with Crippen molar-refractivity contribution in [3.05, 3.63) is 66.0 Å². The van der Waals surface area contributed by atoms with E-state index in [-0.39, 0.29) is 6.54 Å². The topological polar surface area (TPSA) is 66.0 Å². The molecule has 152 valence electrons. The standard InChI is InChI=1S/C21H24F2N6/c1-29(2)9-3-6-25-21-27-19(16-4-7-24-8-5-16)13-20(28-21)26-14-15-10-17(22)12-18(23)11-15/h4-5,7-8,10-13H,3,6,9,14H2,1-2H3,(H2,25,26,27,28). The van der Waals surface area contributed by atoms with E-state index < -0.39 is 11.6 Å². The molecule has 0 amide bonds. The molecule has 29 heavy (non-hydrogen) atoms. The molecule has 6 nitrogen and oxygen atoms in total. The number of rotatable bonds is 9. The maximum Gasteiger partial charge on any atom is 0.225 e. The minimum Gasteiger partial charge on any atom is -0.366 e. The van der Waals surface area contributed by atoms with Crippen LogP contribution < -0.4 is 10.6 Å². The third-order valence-electron chi connectivity index (χ3n) is 4.16. The van der Waals surface area contributed by atoms with Crippen molar-refractivity contribution in [2.24, 2.45) is 0 Å². The van der Waals surface area contributed by atoms with Crippen molar-refractivity contribution in [2.45, 2.75) is 13.0 Å². The van der Waals surface area contributed by atoms with Gasteiger partial charge in [0.25, 0.3) is 0 Å².